The Morgan fingerprint density at radius 1 is 0.871 bits per heavy atom. The summed E-state index contributed by atoms with van der Waals surface area (Å²) in [5, 5.41) is 5.27. The molecule has 0 saturated carbocycles. The summed E-state index contributed by atoms with van der Waals surface area (Å²) in [5.74, 6) is -0.537. The largest absolute Gasteiger partial charge is 0.269 e. The van der Waals surface area contributed by atoms with Crippen LogP contribution in [0.25, 0.3) is 16.9 Å². The average Bonchev–Trinajstić information content (AvgIpc) is 3.29. The number of aromatic nitrogens is 2. The molecule has 1 aromatic heterocycles. The molecule has 154 valence electrons. The molecular formula is C23H16ClN3O3S. The van der Waals surface area contributed by atoms with E-state index in [1.165, 1.54) is 12.1 Å². The highest BCUT2D eigenvalue weighted by atomic mass is 35.5. The first-order chi connectivity index (χ1) is 14.9. The molecule has 6 nitrogen and oxygen atoms in total. The minimum atomic E-state index is -3.93. The van der Waals surface area contributed by atoms with Gasteiger partial charge in [-0.05, 0) is 36.4 Å². The molecule has 3 aromatic carbocycles. The van der Waals surface area contributed by atoms with Crippen LogP contribution in [0, 0.1) is 0 Å². The van der Waals surface area contributed by atoms with Crippen molar-refractivity contribution in [3.63, 3.8) is 0 Å². The fourth-order valence-corrected chi connectivity index (χ4v) is 5.30. The molecule has 0 unspecified atom stereocenters. The van der Waals surface area contributed by atoms with Crippen molar-refractivity contribution in [3.05, 3.63) is 101 Å². The van der Waals surface area contributed by atoms with E-state index in [0.29, 0.717) is 16.3 Å². The minimum absolute atomic E-state index is 0.0310. The van der Waals surface area contributed by atoms with E-state index in [2.05, 4.69) is 5.10 Å². The zero-order valence-electron chi connectivity index (χ0n) is 16.1. The lowest BCUT2D eigenvalue weighted by molar-refractivity contribution is 0.0865. The molecule has 1 aliphatic heterocycles. The number of amides is 1. The number of nitrogens with zero attached hydrogens (tertiary/aromatic N) is 3. The van der Waals surface area contributed by atoms with Gasteiger partial charge < -0.3 is 0 Å². The van der Waals surface area contributed by atoms with E-state index < -0.39 is 15.9 Å². The third kappa shape index (κ3) is 3.32. The molecule has 2 heterocycles. The fourth-order valence-electron chi connectivity index (χ4n) is 3.63. The highest BCUT2D eigenvalue weighted by Gasteiger charge is 2.41. The Hall–Kier alpha value is -3.42. The van der Waals surface area contributed by atoms with Crippen molar-refractivity contribution in [1.82, 2.24) is 14.1 Å². The first-order valence-electron chi connectivity index (χ1n) is 9.51. The predicted molar refractivity (Wildman–Crippen MR) is 118 cm³/mol. The Bertz CT molecular complexity index is 1400. The van der Waals surface area contributed by atoms with Gasteiger partial charge in [-0.1, -0.05) is 54.1 Å². The lowest BCUT2D eigenvalue weighted by Gasteiger charge is -2.15. The second kappa shape index (κ2) is 7.37. The summed E-state index contributed by atoms with van der Waals surface area (Å²) in [7, 11) is -3.93. The second-order valence-corrected chi connectivity index (χ2v) is 9.37. The van der Waals surface area contributed by atoms with E-state index >= 15 is 0 Å². The third-order valence-corrected chi connectivity index (χ3v) is 7.19. The number of fused-ring (bicyclic) bond motifs is 1. The van der Waals surface area contributed by atoms with Crippen LogP contribution < -0.4 is 0 Å². The van der Waals surface area contributed by atoms with Gasteiger partial charge in [0.15, 0.2) is 0 Å². The van der Waals surface area contributed by atoms with E-state index in [4.69, 9.17) is 11.6 Å². The summed E-state index contributed by atoms with van der Waals surface area (Å²) < 4.78 is 28.6. The Labute approximate surface area is 184 Å². The van der Waals surface area contributed by atoms with Crippen LogP contribution in [0.4, 0.5) is 0 Å². The van der Waals surface area contributed by atoms with Gasteiger partial charge in [0.1, 0.15) is 4.90 Å². The maximum atomic E-state index is 13.0. The van der Waals surface area contributed by atoms with E-state index in [0.717, 1.165) is 15.6 Å². The summed E-state index contributed by atoms with van der Waals surface area (Å²) in [5.41, 5.74) is 2.97. The summed E-state index contributed by atoms with van der Waals surface area (Å²) in [6.07, 6.45) is 1.76. The number of rotatable bonds is 4. The maximum absolute atomic E-state index is 13.0. The van der Waals surface area contributed by atoms with Crippen LogP contribution >= 0.6 is 11.6 Å². The normalized spacial score (nSPS) is 14.6. The van der Waals surface area contributed by atoms with E-state index in [1.54, 1.807) is 35.1 Å². The van der Waals surface area contributed by atoms with Crippen molar-refractivity contribution in [2.75, 3.05) is 0 Å². The lowest BCUT2D eigenvalue weighted by Crippen LogP contribution is -2.29. The topological polar surface area (TPSA) is 72.3 Å². The molecule has 0 spiro atoms. The van der Waals surface area contributed by atoms with Crippen LogP contribution in [0.15, 0.2) is 90.0 Å². The number of hydrogen-bond acceptors (Lipinski definition) is 4. The molecule has 0 atom stereocenters. The van der Waals surface area contributed by atoms with Gasteiger partial charge in [-0.3, -0.25) is 4.79 Å². The van der Waals surface area contributed by atoms with Gasteiger partial charge in [-0.25, -0.2) is 17.4 Å². The second-order valence-electron chi connectivity index (χ2n) is 7.10. The van der Waals surface area contributed by atoms with Crippen LogP contribution in [0.3, 0.4) is 0 Å². The monoisotopic (exact) mass is 449 g/mol. The van der Waals surface area contributed by atoms with Gasteiger partial charge in [-0.15, -0.1) is 0 Å². The molecule has 0 aliphatic carbocycles. The van der Waals surface area contributed by atoms with Gasteiger partial charge in [0.2, 0.25) is 0 Å². The van der Waals surface area contributed by atoms with Crippen LogP contribution in [-0.4, -0.2) is 28.4 Å². The Balaban J connectivity index is 1.61. The van der Waals surface area contributed by atoms with Gasteiger partial charge >= 0.3 is 0 Å². The van der Waals surface area contributed by atoms with Crippen LogP contribution in [0.1, 0.15) is 15.9 Å². The zero-order chi connectivity index (χ0) is 21.6. The highest BCUT2D eigenvalue weighted by molar-refractivity contribution is 7.90. The lowest BCUT2D eigenvalue weighted by atomic mass is 10.1. The van der Waals surface area contributed by atoms with Gasteiger partial charge in [0.05, 0.1) is 23.5 Å². The molecule has 0 bridgehead atoms. The van der Waals surface area contributed by atoms with Gasteiger partial charge in [0.25, 0.3) is 15.9 Å². The van der Waals surface area contributed by atoms with Gasteiger partial charge in [-0.2, -0.15) is 5.10 Å². The van der Waals surface area contributed by atoms with Crippen molar-refractivity contribution in [2.24, 2.45) is 0 Å². The standard InChI is InChI=1S/C23H16ClN3O3S/c24-18-12-10-16(11-13-18)22-17(14-26(25-22)19-6-2-1-3-7-19)15-27-23(28)20-8-4-5-9-21(20)31(27,29)30/h1-14H,15H2. The quantitative estimate of drug-likeness (QED) is 0.458. The molecule has 0 fully saturated rings. The number of sulfonamides is 1. The molecule has 0 radical (unpaired) electrons. The minimum Gasteiger partial charge on any atom is -0.268 e. The summed E-state index contributed by atoms with van der Waals surface area (Å²) in [6.45, 7) is -0.124. The number of halogens is 1. The SMILES string of the molecule is O=C1c2ccccc2S(=O)(=O)N1Cc1cn(-c2ccccc2)nc1-c1ccc(Cl)cc1. The third-order valence-electron chi connectivity index (χ3n) is 5.15. The number of benzene rings is 3. The van der Waals surface area contributed by atoms with Crippen LogP contribution in [0.2, 0.25) is 5.02 Å². The van der Waals surface area contributed by atoms with E-state index in [9.17, 15) is 13.2 Å². The van der Waals surface area contributed by atoms with Crippen molar-refractivity contribution in [2.45, 2.75) is 11.4 Å². The Kier molecular flexibility index (Phi) is 4.64. The van der Waals surface area contributed by atoms with Crippen LogP contribution in [0.5, 0.6) is 0 Å². The molecule has 1 aliphatic rings. The number of hydrogen-bond donors (Lipinski definition) is 0. The smallest absolute Gasteiger partial charge is 0.268 e. The van der Waals surface area contributed by atoms with Crippen LogP contribution in [-0.2, 0) is 16.6 Å². The molecule has 4 aromatic rings. The molecular weight excluding hydrogens is 434 g/mol. The van der Waals surface area contributed by atoms with Crippen molar-refractivity contribution < 1.29 is 13.2 Å². The summed E-state index contributed by atoms with van der Waals surface area (Å²) in [6, 6.07) is 22.9. The van der Waals surface area contributed by atoms with E-state index in [-0.39, 0.29) is 17.0 Å². The summed E-state index contributed by atoms with van der Waals surface area (Å²) >= 11 is 6.03. The fraction of sp³-hybridized carbons (Fsp3) is 0.0435. The zero-order valence-corrected chi connectivity index (χ0v) is 17.7. The summed E-state index contributed by atoms with van der Waals surface area (Å²) in [4.78, 5) is 12.9. The number of para-hydroxylation sites is 1. The van der Waals surface area contributed by atoms with E-state index in [1.807, 2.05) is 42.5 Å². The molecule has 0 saturated heterocycles. The van der Waals surface area contributed by atoms with Crippen molar-refractivity contribution in [1.29, 1.82) is 0 Å². The first kappa shape index (κ1) is 19.5. The molecule has 0 N–H and O–H groups in total. The molecule has 8 heteroatoms. The number of carbonyl (C=O) groups excluding carboxylic acids is 1. The van der Waals surface area contributed by atoms with Crippen molar-refractivity contribution in [3.8, 4) is 16.9 Å². The molecule has 1 amide bonds. The Morgan fingerprint density at radius 3 is 2.26 bits per heavy atom. The Morgan fingerprint density at radius 2 is 1.55 bits per heavy atom. The first-order valence-corrected chi connectivity index (χ1v) is 11.3. The average molecular weight is 450 g/mol. The van der Waals surface area contributed by atoms with Crippen molar-refractivity contribution >= 4 is 27.5 Å². The maximum Gasteiger partial charge on any atom is 0.269 e. The van der Waals surface area contributed by atoms with Gasteiger partial charge in [0, 0.05) is 22.3 Å². The predicted octanol–water partition coefficient (Wildman–Crippen LogP) is 4.54. The molecule has 31 heavy (non-hydrogen) atoms. The highest BCUT2D eigenvalue weighted by Crippen LogP contribution is 2.33. The molecule has 5 rings (SSSR count). The number of carbonyl (C=O) groups is 1.